The number of fused-ring (bicyclic) bond motifs is 3. The lowest BCUT2D eigenvalue weighted by Crippen LogP contribution is -2.45. The van der Waals surface area contributed by atoms with E-state index >= 15 is 0 Å². The van der Waals surface area contributed by atoms with Gasteiger partial charge in [0.1, 0.15) is 11.9 Å². The molecule has 2 aliphatic rings. The minimum absolute atomic E-state index is 0.0293. The molecule has 160 valence electrons. The third-order valence-corrected chi connectivity index (χ3v) is 7.05. The van der Waals surface area contributed by atoms with E-state index in [0.717, 1.165) is 41.3 Å². The van der Waals surface area contributed by atoms with Gasteiger partial charge in [0.05, 0.1) is 11.3 Å². The molecule has 0 spiro atoms. The van der Waals surface area contributed by atoms with Gasteiger partial charge in [0, 0.05) is 36.2 Å². The van der Waals surface area contributed by atoms with Gasteiger partial charge < -0.3 is 9.88 Å². The first-order valence-electron chi connectivity index (χ1n) is 10.9. The van der Waals surface area contributed by atoms with Gasteiger partial charge in [-0.1, -0.05) is 32.1 Å². The Morgan fingerprint density at radius 3 is 2.90 bits per heavy atom. The lowest BCUT2D eigenvalue weighted by molar-refractivity contribution is -0.122. The summed E-state index contributed by atoms with van der Waals surface area (Å²) >= 11 is 0. The molecular weight excluding hydrogens is 388 g/mol. The molecule has 1 N–H and O–H groups in total. The number of nitrogens with one attached hydrogen (secondary N) is 1. The summed E-state index contributed by atoms with van der Waals surface area (Å²) in [6.45, 7) is 6.06. The third kappa shape index (κ3) is 3.38. The van der Waals surface area contributed by atoms with Crippen molar-refractivity contribution in [3.05, 3.63) is 58.7 Å². The Balaban J connectivity index is 1.77. The van der Waals surface area contributed by atoms with Gasteiger partial charge in [0.25, 0.3) is 0 Å². The Morgan fingerprint density at radius 2 is 2.19 bits per heavy atom. The van der Waals surface area contributed by atoms with Crippen molar-refractivity contribution < 1.29 is 9.59 Å². The van der Waals surface area contributed by atoms with E-state index in [1.807, 2.05) is 32.1 Å². The molecule has 3 atom stereocenters. The Hall–Kier alpha value is -3.20. The Morgan fingerprint density at radius 1 is 1.42 bits per heavy atom. The average molecular weight is 417 g/mol. The number of amides is 1. The summed E-state index contributed by atoms with van der Waals surface area (Å²) in [5.41, 5.74) is 4.08. The second-order valence-electron chi connectivity index (χ2n) is 8.88. The summed E-state index contributed by atoms with van der Waals surface area (Å²) in [7, 11) is 1.65. The van der Waals surface area contributed by atoms with Crippen LogP contribution in [0.15, 0.2) is 35.9 Å². The van der Waals surface area contributed by atoms with E-state index in [0.29, 0.717) is 12.8 Å². The van der Waals surface area contributed by atoms with Gasteiger partial charge in [-0.15, -0.1) is 0 Å². The summed E-state index contributed by atoms with van der Waals surface area (Å²) < 4.78 is 2.20. The smallest absolute Gasteiger partial charge is 0.220 e. The first kappa shape index (κ1) is 21.0. The summed E-state index contributed by atoms with van der Waals surface area (Å²) in [6.07, 6.45) is 4.71. The second kappa shape index (κ2) is 7.81. The number of ketones is 1. The molecule has 0 bridgehead atoms. The number of nitrogens with zero attached hydrogens (tertiary/aromatic N) is 3. The number of aromatic nitrogens is 2. The molecule has 0 saturated carbocycles. The zero-order valence-corrected chi connectivity index (χ0v) is 18.5. The van der Waals surface area contributed by atoms with Crippen LogP contribution >= 0.6 is 0 Å². The predicted octanol–water partition coefficient (Wildman–Crippen LogP) is 3.35. The summed E-state index contributed by atoms with van der Waals surface area (Å²) in [5, 5.41) is 12.2. The van der Waals surface area contributed by atoms with Gasteiger partial charge in [0.15, 0.2) is 5.78 Å². The maximum atomic E-state index is 12.6. The Kier molecular flexibility index (Phi) is 5.30. The monoisotopic (exact) mass is 416 g/mol. The van der Waals surface area contributed by atoms with E-state index in [1.165, 1.54) is 0 Å². The second-order valence-corrected chi connectivity index (χ2v) is 8.88. The molecule has 0 radical (unpaired) electrons. The molecule has 4 rings (SSSR count). The number of aryl methyl sites for hydroxylation is 2. The number of benzene rings is 1. The first-order chi connectivity index (χ1) is 14.8. The number of rotatable bonds is 4. The fraction of sp³-hybridized carbons (Fsp3) is 0.440. The van der Waals surface area contributed by atoms with Gasteiger partial charge in [-0.05, 0) is 49.8 Å². The molecular formula is C25H28N4O2. The highest BCUT2D eigenvalue weighted by atomic mass is 16.1. The Labute approximate surface area is 183 Å². The molecule has 6 nitrogen and oxygen atoms in total. The maximum absolute atomic E-state index is 12.6. The number of nitriles is 1. The van der Waals surface area contributed by atoms with Crippen LogP contribution in [0.25, 0.3) is 5.69 Å². The van der Waals surface area contributed by atoms with Gasteiger partial charge in [-0.2, -0.15) is 5.26 Å². The molecule has 0 unspecified atom stereocenters. The molecule has 31 heavy (non-hydrogen) atoms. The van der Waals surface area contributed by atoms with Gasteiger partial charge in [-0.3, -0.25) is 9.59 Å². The number of carbonyl (C=O) groups excluding carboxylic acids is 2. The average Bonchev–Trinajstić information content (AvgIpc) is 3.12. The van der Waals surface area contributed by atoms with Crippen molar-refractivity contribution in [3.63, 3.8) is 0 Å². The van der Waals surface area contributed by atoms with Crippen LogP contribution in [0.4, 0.5) is 0 Å². The van der Waals surface area contributed by atoms with E-state index in [-0.39, 0.29) is 29.1 Å². The van der Waals surface area contributed by atoms with Crippen molar-refractivity contribution in [1.82, 2.24) is 14.9 Å². The van der Waals surface area contributed by atoms with E-state index in [4.69, 9.17) is 4.98 Å². The molecule has 0 aliphatic heterocycles. The van der Waals surface area contributed by atoms with Crippen LogP contribution in [0.2, 0.25) is 0 Å². The van der Waals surface area contributed by atoms with Crippen LogP contribution in [0.1, 0.15) is 49.5 Å². The van der Waals surface area contributed by atoms with Crippen molar-refractivity contribution in [3.8, 4) is 11.8 Å². The molecule has 0 saturated heterocycles. The number of imidazole rings is 1. The van der Waals surface area contributed by atoms with Crippen molar-refractivity contribution in [2.45, 2.75) is 51.9 Å². The van der Waals surface area contributed by atoms with Crippen molar-refractivity contribution >= 4 is 11.7 Å². The van der Waals surface area contributed by atoms with E-state index < -0.39 is 5.41 Å². The topological polar surface area (TPSA) is 87.8 Å². The summed E-state index contributed by atoms with van der Waals surface area (Å²) in [4.78, 5) is 29.2. The highest BCUT2D eigenvalue weighted by Gasteiger charge is 2.50. The molecule has 2 aliphatic carbocycles. The maximum Gasteiger partial charge on any atom is 0.220 e. The zero-order valence-electron chi connectivity index (χ0n) is 18.5. The standard InChI is InChI=1S/C25H28N4O2/c1-15-20-9-10-21-24(25(20,3)13-18(14-26)23(15)31)28-16(2)29(21)19-7-5-6-17(12-19)8-11-22(30)27-4/h5-7,12-13,15,20H,8-11H2,1-4H3,(H,27,30)/t15-,20-,25-/m0/s1. The fourth-order valence-corrected chi connectivity index (χ4v) is 5.41. The molecule has 0 fully saturated rings. The van der Waals surface area contributed by atoms with Crippen LogP contribution in [-0.4, -0.2) is 28.3 Å². The van der Waals surface area contributed by atoms with Gasteiger partial charge in [0.2, 0.25) is 5.91 Å². The van der Waals surface area contributed by atoms with E-state index in [1.54, 1.807) is 7.05 Å². The SMILES string of the molecule is CNC(=O)CCc1cccc(-n2c(C)nc3c2CC[C@H]2[C@H](C)C(=O)C(C#N)=C[C@]32C)c1. The molecule has 1 aromatic heterocycles. The molecule has 1 aromatic carbocycles. The largest absolute Gasteiger partial charge is 0.359 e. The van der Waals surface area contributed by atoms with Crippen LogP contribution in [0.5, 0.6) is 0 Å². The zero-order chi connectivity index (χ0) is 22.3. The van der Waals surface area contributed by atoms with E-state index in [2.05, 4.69) is 35.0 Å². The van der Waals surface area contributed by atoms with Gasteiger partial charge >= 0.3 is 0 Å². The summed E-state index contributed by atoms with van der Waals surface area (Å²) in [6, 6.07) is 10.3. The minimum Gasteiger partial charge on any atom is -0.359 e. The number of hydrogen-bond donors (Lipinski definition) is 1. The van der Waals surface area contributed by atoms with Crippen LogP contribution < -0.4 is 5.32 Å². The van der Waals surface area contributed by atoms with Crippen molar-refractivity contribution in [2.24, 2.45) is 11.8 Å². The molecule has 2 aromatic rings. The lowest BCUT2D eigenvalue weighted by atomic mass is 9.58. The van der Waals surface area contributed by atoms with Crippen molar-refractivity contribution in [1.29, 1.82) is 5.26 Å². The van der Waals surface area contributed by atoms with Gasteiger partial charge in [-0.25, -0.2) is 4.98 Å². The minimum atomic E-state index is -0.432. The number of carbonyl (C=O) groups is 2. The van der Waals surface area contributed by atoms with Crippen LogP contribution in [0.3, 0.4) is 0 Å². The fourth-order valence-electron chi connectivity index (χ4n) is 5.41. The first-order valence-corrected chi connectivity index (χ1v) is 10.9. The normalized spacial score (nSPS) is 24.6. The van der Waals surface area contributed by atoms with E-state index in [9.17, 15) is 14.9 Å². The van der Waals surface area contributed by atoms with Crippen LogP contribution in [-0.2, 0) is 27.8 Å². The predicted molar refractivity (Wildman–Crippen MR) is 118 cm³/mol. The van der Waals surface area contributed by atoms with Crippen molar-refractivity contribution in [2.75, 3.05) is 7.05 Å². The summed E-state index contributed by atoms with van der Waals surface area (Å²) in [5.74, 6) is 0.837. The number of allylic oxidation sites excluding steroid dienone is 2. The quantitative estimate of drug-likeness (QED) is 0.828. The number of Topliss-reactive ketones (excluding diaryl/α,β-unsaturated/α-hetero) is 1. The lowest BCUT2D eigenvalue weighted by Gasteiger charge is -2.44. The molecule has 6 heteroatoms. The molecule has 1 amide bonds. The molecule has 1 heterocycles. The third-order valence-electron chi connectivity index (χ3n) is 7.05. The highest BCUT2D eigenvalue weighted by Crippen LogP contribution is 2.49. The number of hydrogen-bond acceptors (Lipinski definition) is 4. The van der Waals surface area contributed by atoms with Crippen LogP contribution in [0, 0.1) is 30.1 Å². The Bertz CT molecular complexity index is 1140. The highest BCUT2D eigenvalue weighted by molar-refractivity contribution is 6.02.